The Bertz CT molecular complexity index is 334. The van der Waals surface area contributed by atoms with Gasteiger partial charge in [-0.25, -0.2) is 0 Å². The summed E-state index contributed by atoms with van der Waals surface area (Å²) in [6.07, 6.45) is 16.0. The minimum Gasteiger partial charge on any atom is -0.0654 e. The van der Waals surface area contributed by atoms with E-state index in [9.17, 15) is 0 Å². The van der Waals surface area contributed by atoms with Gasteiger partial charge < -0.3 is 0 Å². The molecule has 1 aromatic carbocycles. The highest BCUT2D eigenvalue weighted by molar-refractivity contribution is 5.30. The molecule has 0 atom stereocenters. The Hall–Kier alpha value is -0.780. The van der Waals surface area contributed by atoms with E-state index in [4.69, 9.17) is 0 Å². The van der Waals surface area contributed by atoms with Gasteiger partial charge in [-0.1, -0.05) is 83.9 Å². The fourth-order valence-electron chi connectivity index (χ4n) is 3.07. The molecule has 0 saturated carbocycles. The van der Waals surface area contributed by atoms with Crippen LogP contribution >= 0.6 is 0 Å². The molecule has 120 valence electrons. The molecule has 0 heteroatoms. The summed E-state index contributed by atoms with van der Waals surface area (Å²) in [6.45, 7) is 6.86. The molecular formula is C21H36. The van der Waals surface area contributed by atoms with Gasteiger partial charge in [0.2, 0.25) is 0 Å². The summed E-state index contributed by atoms with van der Waals surface area (Å²) in [4.78, 5) is 0. The van der Waals surface area contributed by atoms with Crippen LogP contribution < -0.4 is 0 Å². The third-order valence-electron chi connectivity index (χ3n) is 4.29. The maximum Gasteiger partial charge on any atom is -0.0279 e. The van der Waals surface area contributed by atoms with E-state index in [0.717, 1.165) is 0 Å². The Balaban J connectivity index is 2.56. The van der Waals surface area contributed by atoms with Crippen molar-refractivity contribution in [1.82, 2.24) is 0 Å². The summed E-state index contributed by atoms with van der Waals surface area (Å²) in [5.74, 6) is 0. The average Bonchev–Trinajstić information content (AvgIpc) is 2.48. The summed E-state index contributed by atoms with van der Waals surface area (Å²) < 4.78 is 0. The lowest BCUT2D eigenvalue weighted by Crippen LogP contribution is -1.95. The van der Waals surface area contributed by atoms with Crippen LogP contribution in [0.15, 0.2) is 18.2 Å². The van der Waals surface area contributed by atoms with Gasteiger partial charge in [0.05, 0.1) is 0 Å². The second kappa shape index (κ2) is 11.8. The molecule has 0 fully saturated rings. The SMILES string of the molecule is CCCCCCc1cc(CCC)cc(CCCCCC)c1. The lowest BCUT2D eigenvalue weighted by atomic mass is 9.96. The highest BCUT2D eigenvalue weighted by Crippen LogP contribution is 2.17. The van der Waals surface area contributed by atoms with Crippen LogP contribution in [-0.2, 0) is 19.3 Å². The summed E-state index contributed by atoms with van der Waals surface area (Å²) in [5, 5.41) is 0. The minimum atomic E-state index is 1.24. The fourth-order valence-corrected chi connectivity index (χ4v) is 3.07. The van der Waals surface area contributed by atoms with Crippen molar-refractivity contribution in [2.45, 2.75) is 97.8 Å². The maximum atomic E-state index is 2.48. The van der Waals surface area contributed by atoms with Crippen LogP contribution in [0.25, 0.3) is 0 Å². The molecule has 1 rings (SSSR count). The summed E-state index contributed by atoms with van der Waals surface area (Å²) in [5.41, 5.74) is 4.74. The van der Waals surface area contributed by atoms with Crippen molar-refractivity contribution in [2.24, 2.45) is 0 Å². The molecule has 0 radical (unpaired) electrons. The van der Waals surface area contributed by atoms with Gasteiger partial charge in [0, 0.05) is 0 Å². The van der Waals surface area contributed by atoms with Gasteiger partial charge >= 0.3 is 0 Å². The van der Waals surface area contributed by atoms with Gasteiger partial charge in [0.1, 0.15) is 0 Å². The largest absolute Gasteiger partial charge is 0.0654 e. The number of unbranched alkanes of at least 4 members (excludes halogenated alkanes) is 6. The Morgan fingerprint density at radius 3 is 1.29 bits per heavy atom. The Morgan fingerprint density at radius 1 is 0.476 bits per heavy atom. The molecule has 0 aliphatic carbocycles. The highest BCUT2D eigenvalue weighted by Gasteiger charge is 2.02. The van der Waals surface area contributed by atoms with E-state index >= 15 is 0 Å². The zero-order valence-corrected chi connectivity index (χ0v) is 14.7. The van der Waals surface area contributed by atoms with E-state index < -0.39 is 0 Å². The zero-order valence-electron chi connectivity index (χ0n) is 14.7. The van der Waals surface area contributed by atoms with Crippen molar-refractivity contribution >= 4 is 0 Å². The minimum absolute atomic E-state index is 1.24. The lowest BCUT2D eigenvalue weighted by Gasteiger charge is -2.10. The summed E-state index contributed by atoms with van der Waals surface area (Å²) >= 11 is 0. The third-order valence-corrected chi connectivity index (χ3v) is 4.29. The molecule has 0 nitrogen and oxygen atoms in total. The molecule has 21 heavy (non-hydrogen) atoms. The van der Waals surface area contributed by atoms with Crippen LogP contribution in [0, 0.1) is 0 Å². The molecule has 0 aromatic heterocycles. The number of benzene rings is 1. The van der Waals surface area contributed by atoms with Gasteiger partial charge in [-0.15, -0.1) is 0 Å². The molecule has 0 heterocycles. The quantitative estimate of drug-likeness (QED) is 0.367. The number of rotatable bonds is 12. The molecule has 0 aliphatic heterocycles. The second-order valence-electron chi connectivity index (χ2n) is 6.53. The topological polar surface area (TPSA) is 0 Å². The van der Waals surface area contributed by atoms with Crippen molar-refractivity contribution in [2.75, 3.05) is 0 Å². The Labute approximate surface area is 133 Å². The first kappa shape index (κ1) is 18.3. The predicted octanol–water partition coefficient (Wildman–Crippen LogP) is 6.88. The highest BCUT2D eigenvalue weighted by atomic mass is 14.1. The normalized spacial score (nSPS) is 11.0. The van der Waals surface area contributed by atoms with E-state index in [0.29, 0.717) is 0 Å². The lowest BCUT2D eigenvalue weighted by molar-refractivity contribution is 0.660. The van der Waals surface area contributed by atoms with Crippen molar-refractivity contribution in [3.63, 3.8) is 0 Å². The first-order valence-corrected chi connectivity index (χ1v) is 9.41. The molecule has 0 bridgehead atoms. The van der Waals surface area contributed by atoms with Crippen LogP contribution in [0.4, 0.5) is 0 Å². The summed E-state index contributed by atoms with van der Waals surface area (Å²) in [7, 11) is 0. The number of aryl methyl sites for hydroxylation is 3. The molecule has 0 aliphatic rings. The van der Waals surface area contributed by atoms with Gasteiger partial charge in [-0.05, 0) is 48.8 Å². The van der Waals surface area contributed by atoms with Gasteiger partial charge in [0.25, 0.3) is 0 Å². The standard InChI is InChI=1S/C21H36/c1-4-7-9-11-14-20-16-19(13-6-3)17-21(18-20)15-12-10-8-5-2/h16-18H,4-15H2,1-3H3. The van der Waals surface area contributed by atoms with E-state index in [1.165, 1.54) is 77.0 Å². The molecule has 0 amide bonds. The molecule has 0 N–H and O–H groups in total. The van der Waals surface area contributed by atoms with Gasteiger partial charge in [0.15, 0.2) is 0 Å². The van der Waals surface area contributed by atoms with Crippen LogP contribution in [0.2, 0.25) is 0 Å². The predicted molar refractivity (Wildman–Crippen MR) is 96.1 cm³/mol. The van der Waals surface area contributed by atoms with Gasteiger partial charge in [-0.2, -0.15) is 0 Å². The molecule has 0 spiro atoms. The zero-order chi connectivity index (χ0) is 15.3. The summed E-state index contributed by atoms with van der Waals surface area (Å²) in [6, 6.07) is 7.41. The van der Waals surface area contributed by atoms with Crippen molar-refractivity contribution in [3.05, 3.63) is 34.9 Å². The van der Waals surface area contributed by atoms with Crippen LogP contribution in [0.3, 0.4) is 0 Å². The molecule has 0 saturated heterocycles. The third kappa shape index (κ3) is 8.29. The van der Waals surface area contributed by atoms with E-state index in [-0.39, 0.29) is 0 Å². The Morgan fingerprint density at radius 2 is 0.905 bits per heavy atom. The van der Waals surface area contributed by atoms with Crippen LogP contribution in [0.5, 0.6) is 0 Å². The molecule has 0 unspecified atom stereocenters. The number of hydrogen-bond acceptors (Lipinski definition) is 0. The monoisotopic (exact) mass is 288 g/mol. The van der Waals surface area contributed by atoms with Crippen molar-refractivity contribution in [3.8, 4) is 0 Å². The van der Waals surface area contributed by atoms with Gasteiger partial charge in [-0.3, -0.25) is 0 Å². The smallest absolute Gasteiger partial charge is 0.0279 e. The van der Waals surface area contributed by atoms with E-state index in [1.54, 1.807) is 16.7 Å². The van der Waals surface area contributed by atoms with Crippen molar-refractivity contribution < 1.29 is 0 Å². The first-order valence-electron chi connectivity index (χ1n) is 9.41. The second-order valence-corrected chi connectivity index (χ2v) is 6.53. The average molecular weight is 289 g/mol. The maximum absolute atomic E-state index is 2.48. The fraction of sp³-hybridized carbons (Fsp3) is 0.714. The molecule has 1 aromatic rings. The number of hydrogen-bond donors (Lipinski definition) is 0. The van der Waals surface area contributed by atoms with Crippen LogP contribution in [-0.4, -0.2) is 0 Å². The molecular weight excluding hydrogens is 252 g/mol. The van der Waals surface area contributed by atoms with E-state index in [1.807, 2.05) is 0 Å². The first-order chi connectivity index (χ1) is 10.3. The Kier molecular flexibility index (Phi) is 10.3. The van der Waals surface area contributed by atoms with Crippen LogP contribution in [0.1, 0.15) is 95.2 Å². The van der Waals surface area contributed by atoms with Crippen molar-refractivity contribution in [1.29, 1.82) is 0 Å². The van der Waals surface area contributed by atoms with E-state index in [2.05, 4.69) is 39.0 Å².